The molecule has 0 aliphatic carbocycles. The first-order valence-corrected chi connectivity index (χ1v) is 10.2. The first kappa shape index (κ1) is 21.5. The van der Waals surface area contributed by atoms with Crippen molar-refractivity contribution in [2.24, 2.45) is 0 Å². The van der Waals surface area contributed by atoms with Crippen molar-refractivity contribution < 1.29 is 23.8 Å². The van der Waals surface area contributed by atoms with Gasteiger partial charge in [-0.25, -0.2) is 0 Å². The van der Waals surface area contributed by atoms with Crippen LogP contribution in [0.2, 0.25) is 0 Å². The van der Waals surface area contributed by atoms with Crippen LogP contribution in [0.25, 0.3) is 0 Å². The number of piperidine rings is 1. The van der Waals surface area contributed by atoms with Gasteiger partial charge in [0.15, 0.2) is 6.61 Å². The van der Waals surface area contributed by atoms with Crippen LogP contribution in [-0.2, 0) is 4.79 Å². The Morgan fingerprint density at radius 3 is 2.07 bits per heavy atom. The summed E-state index contributed by atoms with van der Waals surface area (Å²) in [5.74, 6) is 1.96. The van der Waals surface area contributed by atoms with Gasteiger partial charge >= 0.3 is 0 Å². The van der Waals surface area contributed by atoms with Crippen molar-refractivity contribution in [3.8, 4) is 17.2 Å². The Labute approximate surface area is 176 Å². The summed E-state index contributed by atoms with van der Waals surface area (Å²) in [6, 6.07) is 14.3. The number of hydrogen-bond acceptors (Lipinski definition) is 5. The first-order valence-electron chi connectivity index (χ1n) is 10.2. The molecule has 1 N–H and O–H groups in total. The minimum atomic E-state index is -0.110. The third-order valence-corrected chi connectivity index (χ3v) is 5.03. The van der Waals surface area contributed by atoms with Crippen molar-refractivity contribution in [2.75, 3.05) is 33.4 Å². The van der Waals surface area contributed by atoms with Crippen LogP contribution < -0.4 is 19.5 Å². The van der Waals surface area contributed by atoms with E-state index in [9.17, 15) is 9.59 Å². The number of likely N-dealkylation sites (tertiary alicyclic amines) is 1. The van der Waals surface area contributed by atoms with Crippen LogP contribution in [0.3, 0.4) is 0 Å². The van der Waals surface area contributed by atoms with E-state index in [0.29, 0.717) is 36.8 Å². The van der Waals surface area contributed by atoms with Crippen molar-refractivity contribution in [1.82, 2.24) is 10.2 Å². The van der Waals surface area contributed by atoms with E-state index in [1.165, 1.54) is 0 Å². The Hall–Kier alpha value is -3.22. The van der Waals surface area contributed by atoms with Gasteiger partial charge in [-0.3, -0.25) is 9.59 Å². The van der Waals surface area contributed by atoms with E-state index < -0.39 is 0 Å². The zero-order chi connectivity index (χ0) is 21.3. The summed E-state index contributed by atoms with van der Waals surface area (Å²) in [6.07, 6.45) is 1.44. The molecule has 1 aliphatic heterocycles. The largest absolute Gasteiger partial charge is 0.497 e. The highest BCUT2D eigenvalue weighted by Gasteiger charge is 2.24. The van der Waals surface area contributed by atoms with Crippen LogP contribution in [0.15, 0.2) is 48.5 Å². The highest BCUT2D eigenvalue weighted by molar-refractivity contribution is 5.94. The molecular weight excluding hydrogens is 384 g/mol. The van der Waals surface area contributed by atoms with Crippen LogP contribution in [0, 0.1) is 0 Å². The summed E-state index contributed by atoms with van der Waals surface area (Å²) in [5.41, 5.74) is 0.595. The van der Waals surface area contributed by atoms with Crippen LogP contribution in [0.1, 0.15) is 30.1 Å². The topological polar surface area (TPSA) is 77.1 Å². The fraction of sp³-hybridized carbons (Fsp3) is 0.391. The molecule has 7 nitrogen and oxygen atoms in total. The lowest BCUT2D eigenvalue weighted by Crippen LogP contribution is -2.47. The zero-order valence-corrected chi connectivity index (χ0v) is 17.4. The van der Waals surface area contributed by atoms with Crippen molar-refractivity contribution in [3.63, 3.8) is 0 Å². The molecule has 30 heavy (non-hydrogen) atoms. The molecule has 3 rings (SSSR count). The second-order valence-electron chi connectivity index (χ2n) is 7.05. The zero-order valence-electron chi connectivity index (χ0n) is 17.4. The highest BCUT2D eigenvalue weighted by atomic mass is 16.5. The maximum Gasteiger partial charge on any atom is 0.260 e. The Morgan fingerprint density at radius 1 is 0.933 bits per heavy atom. The van der Waals surface area contributed by atoms with E-state index in [-0.39, 0.29) is 24.5 Å². The van der Waals surface area contributed by atoms with Gasteiger partial charge in [0.1, 0.15) is 17.2 Å². The Kier molecular flexibility index (Phi) is 7.54. The molecule has 160 valence electrons. The number of ether oxygens (including phenoxy) is 3. The average Bonchev–Trinajstić information content (AvgIpc) is 2.79. The number of amides is 2. The summed E-state index contributed by atoms with van der Waals surface area (Å²) in [7, 11) is 1.59. The minimum Gasteiger partial charge on any atom is -0.497 e. The molecule has 0 atom stereocenters. The lowest BCUT2D eigenvalue weighted by atomic mass is 10.0. The Bertz CT molecular complexity index is 828. The number of hydrogen-bond donors (Lipinski definition) is 1. The molecule has 2 amide bonds. The summed E-state index contributed by atoms with van der Waals surface area (Å²) < 4.78 is 16.1. The molecule has 0 radical (unpaired) electrons. The van der Waals surface area contributed by atoms with E-state index in [4.69, 9.17) is 14.2 Å². The molecule has 2 aromatic carbocycles. The maximum absolute atomic E-state index is 12.4. The van der Waals surface area contributed by atoms with Crippen molar-refractivity contribution in [1.29, 1.82) is 0 Å². The SMILES string of the molecule is CCOc1ccc(OCC(=O)N2CCC(NC(=O)c3ccc(OC)cc3)CC2)cc1. The Morgan fingerprint density at radius 2 is 1.50 bits per heavy atom. The maximum atomic E-state index is 12.4. The average molecular weight is 412 g/mol. The van der Waals surface area contributed by atoms with Gasteiger partial charge in [-0.1, -0.05) is 0 Å². The lowest BCUT2D eigenvalue weighted by Gasteiger charge is -2.32. The van der Waals surface area contributed by atoms with Gasteiger partial charge in [0.2, 0.25) is 0 Å². The first-order chi connectivity index (χ1) is 14.6. The van der Waals surface area contributed by atoms with E-state index in [1.807, 2.05) is 19.1 Å². The van der Waals surface area contributed by atoms with E-state index in [2.05, 4.69) is 5.32 Å². The molecule has 0 unspecified atom stereocenters. The molecule has 1 saturated heterocycles. The molecule has 0 saturated carbocycles. The third-order valence-electron chi connectivity index (χ3n) is 5.03. The van der Waals surface area contributed by atoms with Crippen molar-refractivity contribution in [3.05, 3.63) is 54.1 Å². The second kappa shape index (κ2) is 10.5. The summed E-state index contributed by atoms with van der Waals surface area (Å²) >= 11 is 0. The molecule has 1 aliphatic rings. The molecule has 0 bridgehead atoms. The number of carbonyl (C=O) groups excluding carboxylic acids is 2. The summed E-state index contributed by atoms with van der Waals surface area (Å²) in [5, 5.41) is 3.04. The summed E-state index contributed by atoms with van der Waals surface area (Å²) in [6.45, 7) is 3.72. The molecule has 0 spiro atoms. The predicted octanol–water partition coefficient (Wildman–Crippen LogP) is 2.89. The second-order valence-corrected chi connectivity index (χ2v) is 7.05. The molecule has 0 aromatic heterocycles. The van der Waals surface area contributed by atoms with E-state index in [0.717, 1.165) is 18.6 Å². The monoisotopic (exact) mass is 412 g/mol. The molecule has 2 aromatic rings. The number of rotatable bonds is 8. The van der Waals surface area contributed by atoms with E-state index >= 15 is 0 Å². The van der Waals surface area contributed by atoms with Crippen LogP contribution in [0.5, 0.6) is 17.2 Å². The number of nitrogens with zero attached hydrogens (tertiary/aromatic N) is 1. The Balaban J connectivity index is 1.40. The van der Waals surface area contributed by atoms with Crippen LogP contribution >= 0.6 is 0 Å². The van der Waals surface area contributed by atoms with E-state index in [1.54, 1.807) is 48.4 Å². The lowest BCUT2D eigenvalue weighted by molar-refractivity contribution is -0.134. The van der Waals surface area contributed by atoms with Gasteiger partial charge in [-0.2, -0.15) is 0 Å². The number of benzene rings is 2. The normalized spacial score (nSPS) is 14.1. The van der Waals surface area contributed by atoms with Gasteiger partial charge in [0, 0.05) is 24.7 Å². The standard InChI is InChI=1S/C23H28N2O5/c1-3-29-20-8-10-21(11-9-20)30-16-22(26)25-14-12-18(13-15-25)24-23(27)17-4-6-19(28-2)7-5-17/h4-11,18H,3,12-16H2,1-2H3,(H,24,27). The number of carbonyl (C=O) groups is 2. The quantitative estimate of drug-likeness (QED) is 0.721. The minimum absolute atomic E-state index is 0.00312. The third kappa shape index (κ3) is 5.89. The van der Waals surface area contributed by atoms with Gasteiger partial charge in [-0.05, 0) is 68.3 Å². The fourth-order valence-electron chi connectivity index (χ4n) is 3.32. The number of methoxy groups -OCH3 is 1. The molecular formula is C23H28N2O5. The van der Waals surface area contributed by atoms with Crippen LogP contribution in [-0.4, -0.2) is 56.2 Å². The van der Waals surface area contributed by atoms with Gasteiger partial charge < -0.3 is 24.4 Å². The molecule has 7 heteroatoms. The van der Waals surface area contributed by atoms with Gasteiger partial charge in [0.25, 0.3) is 11.8 Å². The summed E-state index contributed by atoms with van der Waals surface area (Å²) in [4.78, 5) is 26.6. The van der Waals surface area contributed by atoms with Crippen molar-refractivity contribution >= 4 is 11.8 Å². The fourth-order valence-corrected chi connectivity index (χ4v) is 3.32. The smallest absolute Gasteiger partial charge is 0.260 e. The highest BCUT2D eigenvalue weighted by Crippen LogP contribution is 2.18. The predicted molar refractivity (Wildman–Crippen MR) is 113 cm³/mol. The van der Waals surface area contributed by atoms with Crippen molar-refractivity contribution in [2.45, 2.75) is 25.8 Å². The molecule has 1 fully saturated rings. The van der Waals surface area contributed by atoms with Crippen LogP contribution in [0.4, 0.5) is 0 Å². The van der Waals surface area contributed by atoms with Gasteiger partial charge in [0.05, 0.1) is 13.7 Å². The number of nitrogens with one attached hydrogen (secondary N) is 1. The molecule has 1 heterocycles. The van der Waals surface area contributed by atoms with Gasteiger partial charge in [-0.15, -0.1) is 0 Å².